The van der Waals surface area contributed by atoms with Gasteiger partial charge < -0.3 is 14.8 Å². The summed E-state index contributed by atoms with van der Waals surface area (Å²) in [5.74, 6) is -2.26. The molecule has 12 nitrogen and oxygen atoms in total. The van der Waals surface area contributed by atoms with Gasteiger partial charge in [0, 0.05) is 38.8 Å². The number of carbonyl (C=O) groups is 2. The maximum Gasteiger partial charge on any atom is 0.296 e. The van der Waals surface area contributed by atoms with Crippen LogP contribution in [0, 0.1) is 0 Å². The van der Waals surface area contributed by atoms with Crippen molar-refractivity contribution in [2.24, 2.45) is 0 Å². The monoisotopic (exact) mass is 537 g/mol. The van der Waals surface area contributed by atoms with Gasteiger partial charge in [-0.3, -0.25) is 14.1 Å². The van der Waals surface area contributed by atoms with Crippen molar-refractivity contribution in [3.8, 4) is 0 Å². The first-order chi connectivity index (χ1) is 16.1. The molecule has 1 aliphatic rings. The van der Waals surface area contributed by atoms with Gasteiger partial charge in [-0.1, -0.05) is 12.6 Å². The summed E-state index contributed by atoms with van der Waals surface area (Å²) < 4.78 is 92.9. The Bertz CT molecular complexity index is 1760. The van der Waals surface area contributed by atoms with Gasteiger partial charge in [0.1, 0.15) is 4.90 Å². The fraction of sp³-hybridized carbons (Fsp3) is 0. The van der Waals surface area contributed by atoms with Crippen LogP contribution in [-0.2, 0) is 34.7 Å². The maximum atomic E-state index is 13.4. The molecule has 4 rings (SSSR count). The van der Waals surface area contributed by atoms with E-state index in [2.05, 4.69) is 6.58 Å². The van der Waals surface area contributed by atoms with Crippen LogP contribution < -0.4 is 10.6 Å². The Morgan fingerprint density at radius 3 is 2.14 bits per heavy atom. The lowest BCUT2D eigenvalue weighted by Gasteiger charge is -2.29. The first-order valence-electron chi connectivity index (χ1n) is 9.28. The summed E-state index contributed by atoms with van der Waals surface area (Å²) in [6, 6.07) is 6.68. The van der Waals surface area contributed by atoms with Crippen molar-refractivity contribution in [1.82, 2.24) is 0 Å². The Balaban J connectivity index is 2.11. The van der Waals surface area contributed by atoms with E-state index in [4.69, 9.17) is 5.73 Å². The SMILES string of the molecule is C=CS(=O)(=O)c1cccc(N2C(=O)c3cc([S+](=O)([O-])[O-])cc4c(N)c(S(=O)(=O)O)cc(c34)C2=O)c1. The third-order valence-corrected chi connectivity index (χ3v) is 8.33. The largest absolute Gasteiger partial charge is 0.612 e. The van der Waals surface area contributed by atoms with Gasteiger partial charge in [-0.2, -0.15) is 8.42 Å². The average molecular weight is 538 g/mol. The predicted octanol–water partition coefficient (Wildman–Crippen LogP) is 1.51. The smallest absolute Gasteiger partial charge is 0.296 e. The molecular weight excluding hydrogens is 524 g/mol. The Morgan fingerprint density at radius 2 is 1.60 bits per heavy atom. The summed E-state index contributed by atoms with van der Waals surface area (Å²) >= 11 is 0. The summed E-state index contributed by atoms with van der Waals surface area (Å²) in [5.41, 5.74) is 3.90. The van der Waals surface area contributed by atoms with Gasteiger partial charge in [-0.15, -0.1) is 4.21 Å². The number of anilines is 2. The van der Waals surface area contributed by atoms with Crippen molar-refractivity contribution >= 4 is 64.4 Å². The van der Waals surface area contributed by atoms with Crippen LogP contribution in [0.5, 0.6) is 0 Å². The number of nitrogens with two attached hydrogens (primary N) is 1. The van der Waals surface area contributed by atoms with Crippen LogP contribution in [0.2, 0.25) is 0 Å². The van der Waals surface area contributed by atoms with Crippen LogP contribution in [0.1, 0.15) is 20.7 Å². The van der Waals surface area contributed by atoms with E-state index in [1.165, 1.54) is 18.2 Å². The summed E-state index contributed by atoms with van der Waals surface area (Å²) in [4.78, 5) is 24.9. The molecule has 3 aromatic rings. The molecule has 1 heterocycles. The average Bonchev–Trinajstić information content (AvgIpc) is 2.77. The molecule has 0 aromatic heterocycles. The Labute approximate surface area is 199 Å². The van der Waals surface area contributed by atoms with Crippen molar-refractivity contribution < 1.29 is 44.3 Å². The molecule has 3 N–H and O–H groups in total. The van der Waals surface area contributed by atoms with Gasteiger partial charge in [0.15, 0.2) is 14.7 Å². The lowest BCUT2D eigenvalue weighted by atomic mass is 9.92. The van der Waals surface area contributed by atoms with Crippen molar-refractivity contribution in [3.05, 3.63) is 65.6 Å². The summed E-state index contributed by atoms with van der Waals surface area (Å²) in [6.07, 6.45) is 0. The molecule has 0 saturated carbocycles. The van der Waals surface area contributed by atoms with Gasteiger partial charge in [0.05, 0.1) is 27.4 Å². The molecule has 0 radical (unpaired) electrons. The molecule has 0 spiro atoms. The Hall–Kier alpha value is -3.47. The number of hydrogen-bond donors (Lipinski definition) is 2. The highest BCUT2D eigenvalue weighted by atomic mass is 32.3. The van der Waals surface area contributed by atoms with Crippen LogP contribution in [0.15, 0.2) is 69.1 Å². The molecule has 0 unspecified atom stereocenters. The van der Waals surface area contributed by atoms with E-state index in [0.29, 0.717) is 28.5 Å². The highest BCUT2D eigenvalue weighted by molar-refractivity contribution is 7.94. The topological polar surface area (TPSA) is 215 Å². The molecule has 3 aromatic carbocycles. The first kappa shape index (κ1) is 24.6. The number of carbonyl (C=O) groups excluding carboxylic acids is 2. The lowest BCUT2D eigenvalue weighted by molar-refractivity contribution is 0.0893. The van der Waals surface area contributed by atoms with E-state index in [9.17, 15) is 44.3 Å². The van der Waals surface area contributed by atoms with E-state index >= 15 is 0 Å². The maximum absolute atomic E-state index is 13.4. The first-order valence-corrected chi connectivity index (χ1v) is 13.7. The minimum absolute atomic E-state index is 0.247. The van der Waals surface area contributed by atoms with Crippen LogP contribution >= 0.6 is 0 Å². The Kier molecular flexibility index (Phi) is 5.47. The summed E-state index contributed by atoms with van der Waals surface area (Å²) in [5, 5.41) is -0.0380. The number of sulfone groups is 1. The highest BCUT2D eigenvalue weighted by Crippen LogP contribution is 2.40. The second kappa shape index (κ2) is 7.77. The van der Waals surface area contributed by atoms with Gasteiger partial charge in [-0.25, -0.2) is 13.3 Å². The molecule has 0 atom stereocenters. The molecule has 35 heavy (non-hydrogen) atoms. The molecule has 182 valence electrons. The number of nitrogen functional groups attached to an aromatic ring is 1. The van der Waals surface area contributed by atoms with Crippen molar-refractivity contribution in [1.29, 1.82) is 0 Å². The third-order valence-electron chi connectivity index (χ3n) is 5.27. The summed E-state index contributed by atoms with van der Waals surface area (Å²) in [6.45, 7) is 3.20. The van der Waals surface area contributed by atoms with Crippen LogP contribution in [0.4, 0.5) is 11.4 Å². The van der Waals surface area contributed by atoms with E-state index in [1.807, 2.05) is 0 Å². The fourth-order valence-corrected chi connectivity index (χ4v) is 5.62. The molecule has 0 saturated heterocycles. The predicted molar refractivity (Wildman–Crippen MR) is 121 cm³/mol. The van der Waals surface area contributed by atoms with Gasteiger partial charge in [-0.05, 0) is 24.3 Å². The molecule has 0 aliphatic carbocycles. The van der Waals surface area contributed by atoms with Crippen molar-refractivity contribution in [3.63, 3.8) is 0 Å². The van der Waals surface area contributed by atoms with Gasteiger partial charge in [0.25, 0.3) is 21.9 Å². The van der Waals surface area contributed by atoms with E-state index in [0.717, 1.165) is 6.07 Å². The van der Waals surface area contributed by atoms with Crippen LogP contribution in [0.25, 0.3) is 10.8 Å². The molecule has 1 aliphatic heterocycles. The fourth-order valence-electron chi connectivity index (χ4n) is 3.69. The zero-order valence-corrected chi connectivity index (χ0v) is 19.6. The zero-order chi connectivity index (χ0) is 26.1. The molecule has 15 heteroatoms. The van der Waals surface area contributed by atoms with Crippen LogP contribution in [0.3, 0.4) is 0 Å². The molecule has 2 amide bonds. The molecular formula is C20H13N2O10S3-. The van der Waals surface area contributed by atoms with Crippen molar-refractivity contribution in [2.45, 2.75) is 14.7 Å². The van der Waals surface area contributed by atoms with Crippen LogP contribution in [-0.4, -0.2) is 42.3 Å². The third kappa shape index (κ3) is 3.93. The second-order valence-corrected chi connectivity index (χ2v) is 12.0. The number of imide groups is 1. The normalized spacial score (nSPS) is 14.4. The van der Waals surface area contributed by atoms with Gasteiger partial charge in [0.2, 0.25) is 0 Å². The number of hydrogen-bond acceptors (Lipinski definition) is 10. The highest BCUT2D eigenvalue weighted by Gasteiger charge is 2.38. The number of benzene rings is 3. The minimum atomic E-state index is -5.19. The second-order valence-electron chi connectivity index (χ2n) is 7.31. The Morgan fingerprint density at radius 1 is 1.00 bits per heavy atom. The number of nitrogens with zero attached hydrogens (tertiary/aromatic N) is 1. The zero-order valence-electron chi connectivity index (χ0n) is 17.2. The lowest BCUT2D eigenvalue weighted by Crippen LogP contribution is -2.41. The van der Waals surface area contributed by atoms with E-state index in [1.54, 1.807) is 0 Å². The van der Waals surface area contributed by atoms with Gasteiger partial charge >= 0.3 is 0 Å². The number of amides is 2. The standard InChI is InChI=1S/C20H13N2O10S3/c1-2-33(25,26)11-5-3-4-10(6-11)22-19(23)14-8-12(34(27,28)29)7-13-17(14)15(20(22)24)9-16(18(13)21)35(30,31)32/h2-9H,1H2,(H3-2,21,23,24,27,28,29,30,31,32)/q-1. The quantitative estimate of drug-likeness (QED) is 0.206. The molecule has 0 fully saturated rings. The number of rotatable bonds is 5. The summed E-state index contributed by atoms with van der Waals surface area (Å²) in [7, 11) is -14.2. The van der Waals surface area contributed by atoms with E-state index < -0.39 is 74.3 Å². The van der Waals surface area contributed by atoms with E-state index in [-0.39, 0.29) is 16.0 Å². The van der Waals surface area contributed by atoms with Crippen molar-refractivity contribution in [2.75, 3.05) is 10.6 Å². The molecule has 0 bridgehead atoms. The minimum Gasteiger partial charge on any atom is -0.612 e.